The van der Waals surface area contributed by atoms with E-state index >= 15 is 0 Å². The smallest absolute Gasteiger partial charge is 0.337 e. The Bertz CT molecular complexity index is 1140. The monoisotopic (exact) mass is 433 g/mol. The molecule has 0 aliphatic heterocycles. The van der Waals surface area contributed by atoms with Gasteiger partial charge in [-0.1, -0.05) is 30.3 Å². The van der Waals surface area contributed by atoms with Crippen LogP contribution in [0.3, 0.4) is 0 Å². The van der Waals surface area contributed by atoms with E-state index in [9.17, 15) is 14.4 Å². The number of aryl methyl sites for hydroxylation is 1. The molecule has 0 fully saturated rings. The number of anilines is 1. The minimum atomic E-state index is -0.551. The molecule has 0 aliphatic carbocycles. The summed E-state index contributed by atoms with van der Waals surface area (Å²) in [7, 11) is 1.27. The SMILES string of the molecule is COC(=O)c1cc(CNC(=O)Cc2n[nH]c(C)n2)cc(NC(=O)/C=C/c2ccccc2)c1. The number of nitrogens with zero attached hydrogens (tertiary/aromatic N) is 2. The second kappa shape index (κ2) is 10.7. The molecule has 1 aromatic heterocycles. The van der Waals surface area contributed by atoms with Crippen molar-refractivity contribution in [2.45, 2.75) is 19.9 Å². The van der Waals surface area contributed by atoms with Crippen LogP contribution in [-0.4, -0.2) is 40.1 Å². The first kappa shape index (κ1) is 22.4. The first-order chi connectivity index (χ1) is 15.4. The number of amides is 2. The Labute approximate surface area is 184 Å². The summed E-state index contributed by atoms with van der Waals surface area (Å²) in [6, 6.07) is 14.2. The van der Waals surface area contributed by atoms with Crippen LogP contribution in [0.1, 0.15) is 33.1 Å². The van der Waals surface area contributed by atoms with Crippen molar-refractivity contribution in [1.82, 2.24) is 20.5 Å². The molecular formula is C23H23N5O4. The van der Waals surface area contributed by atoms with Gasteiger partial charge in [-0.15, -0.1) is 0 Å². The maximum atomic E-state index is 12.3. The summed E-state index contributed by atoms with van der Waals surface area (Å²) in [6.45, 7) is 1.90. The quantitative estimate of drug-likeness (QED) is 0.370. The number of esters is 1. The van der Waals surface area contributed by atoms with Gasteiger partial charge in [0, 0.05) is 18.3 Å². The fourth-order valence-corrected chi connectivity index (χ4v) is 2.90. The van der Waals surface area contributed by atoms with Crippen LogP contribution in [0.25, 0.3) is 6.08 Å². The second-order valence-corrected chi connectivity index (χ2v) is 6.93. The predicted molar refractivity (Wildman–Crippen MR) is 119 cm³/mol. The van der Waals surface area contributed by atoms with Crippen LogP contribution in [0.15, 0.2) is 54.6 Å². The van der Waals surface area contributed by atoms with Gasteiger partial charge in [0.15, 0.2) is 5.82 Å². The molecule has 0 atom stereocenters. The molecule has 0 radical (unpaired) electrons. The summed E-state index contributed by atoms with van der Waals surface area (Å²) in [4.78, 5) is 40.6. The third-order valence-corrected chi connectivity index (χ3v) is 4.36. The van der Waals surface area contributed by atoms with Gasteiger partial charge >= 0.3 is 5.97 Å². The lowest BCUT2D eigenvalue weighted by molar-refractivity contribution is -0.120. The maximum absolute atomic E-state index is 12.3. The number of rotatable bonds is 8. The molecule has 0 aliphatic rings. The summed E-state index contributed by atoms with van der Waals surface area (Å²) in [6.07, 6.45) is 3.11. The third-order valence-electron chi connectivity index (χ3n) is 4.36. The minimum Gasteiger partial charge on any atom is -0.465 e. The molecule has 1 heterocycles. The molecule has 0 unspecified atom stereocenters. The average Bonchev–Trinajstić information content (AvgIpc) is 3.20. The highest BCUT2D eigenvalue weighted by Gasteiger charge is 2.12. The summed E-state index contributed by atoms with van der Waals surface area (Å²) < 4.78 is 4.79. The van der Waals surface area contributed by atoms with E-state index in [1.54, 1.807) is 25.1 Å². The largest absolute Gasteiger partial charge is 0.465 e. The molecule has 9 heteroatoms. The first-order valence-electron chi connectivity index (χ1n) is 9.84. The van der Waals surface area contributed by atoms with Crippen LogP contribution in [0.2, 0.25) is 0 Å². The van der Waals surface area contributed by atoms with Gasteiger partial charge in [-0.25, -0.2) is 9.78 Å². The topological polar surface area (TPSA) is 126 Å². The van der Waals surface area contributed by atoms with Crippen LogP contribution < -0.4 is 10.6 Å². The molecule has 2 amide bonds. The number of ether oxygens (including phenoxy) is 1. The number of hydrogen-bond acceptors (Lipinski definition) is 6. The summed E-state index contributed by atoms with van der Waals surface area (Å²) in [5.41, 5.74) is 2.17. The summed E-state index contributed by atoms with van der Waals surface area (Å²) in [5.74, 6) is -0.166. The Morgan fingerprint density at radius 2 is 1.91 bits per heavy atom. The van der Waals surface area contributed by atoms with Gasteiger partial charge in [-0.3, -0.25) is 14.7 Å². The van der Waals surface area contributed by atoms with Crippen LogP contribution >= 0.6 is 0 Å². The zero-order chi connectivity index (χ0) is 22.9. The van der Waals surface area contributed by atoms with Gasteiger partial charge in [0.2, 0.25) is 11.8 Å². The van der Waals surface area contributed by atoms with Gasteiger partial charge in [-0.2, -0.15) is 5.10 Å². The van der Waals surface area contributed by atoms with Gasteiger partial charge in [0.05, 0.1) is 19.1 Å². The Hall–Kier alpha value is -4.27. The molecule has 32 heavy (non-hydrogen) atoms. The number of carbonyl (C=O) groups excluding carboxylic acids is 3. The van der Waals surface area contributed by atoms with E-state index in [1.807, 2.05) is 30.3 Å². The lowest BCUT2D eigenvalue weighted by Gasteiger charge is -2.10. The molecule has 3 aromatic rings. The molecule has 2 aromatic carbocycles. The van der Waals surface area contributed by atoms with Gasteiger partial charge in [0.25, 0.3) is 0 Å². The van der Waals surface area contributed by atoms with Crippen LogP contribution in [0.4, 0.5) is 5.69 Å². The van der Waals surface area contributed by atoms with Crippen LogP contribution in [0.5, 0.6) is 0 Å². The Kier molecular flexibility index (Phi) is 7.47. The maximum Gasteiger partial charge on any atom is 0.337 e. The molecule has 0 spiro atoms. The van der Waals surface area contributed by atoms with Crippen LogP contribution in [0, 0.1) is 6.92 Å². The Morgan fingerprint density at radius 3 is 2.59 bits per heavy atom. The zero-order valence-corrected chi connectivity index (χ0v) is 17.7. The van der Waals surface area contributed by atoms with Crippen molar-refractivity contribution in [2.75, 3.05) is 12.4 Å². The predicted octanol–water partition coefficient (Wildman–Crippen LogP) is 2.41. The van der Waals surface area contributed by atoms with Gasteiger partial charge in [-0.05, 0) is 42.3 Å². The number of carbonyl (C=O) groups is 3. The number of hydrogen-bond donors (Lipinski definition) is 3. The van der Waals surface area contributed by atoms with Gasteiger partial charge in [0.1, 0.15) is 5.82 Å². The Balaban J connectivity index is 1.68. The highest BCUT2D eigenvalue weighted by Crippen LogP contribution is 2.17. The van der Waals surface area contributed by atoms with E-state index in [-0.39, 0.29) is 30.3 Å². The molecule has 3 rings (SSSR count). The number of methoxy groups -OCH3 is 1. The lowest BCUT2D eigenvalue weighted by Crippen LogP contribution is -2.25. The fraction of sp³-hybridized carbons (Fsp3) is 0.174. The molecule has 0 bridgehead atoms. The van der Waals surface area contributed by atoms with Gasteiger partial charge < -0.3 is 15.4 Å². The van der Waals surface area contributed by atoms with E-state index in [0.717, 1.165) is 5.56 Å². The normalized spacial score (nSPS) is 10.7. The molecule has 0 saturated carbocycles. The highest BCUT2D eigenvalue weighted by molar-refractivity contribution is 6.02. The third kappa shape index (κ3) is 6.63. The molecule has 164 valence electrons. The number of nitrogens with one attached hydrogen (secondary N) is 3. The fourth-order valence-electron chi connectivity index (χ4n) is 2.90. The molecular weight excluding hydrogens is 410 g/mol. The number of aromatic nitrogens is 3. The van der Waals surface area contributed by atoms with E-state index in [1.165, 1.54) is 19.3 Å². The van der Waals surface area contributed by atoms with E-state index < -0.39 is 5.97 Å². The molecule has 0 saturated heterocycles. The van der Waals surface area contributed by atoms with Crippen molar-refractivity contribution in [3.8, 4) is 0 Å². The zero-order valence-electron chi connectivity index (χ0n) is 17.7. The van der Waals surface area contributed by atoms with Crippen molar-refractivity contribution in [2.24, 2.45) is 0 Å². The van der Waals surface area contributed by atoms with E-state index in [2.05, 4.69) is 25.8 Å². The summed E-state index contributed by atoms with van der Waals surface area (Å²) >= 11 is 0. The van der Waals surface area contributed by atoms with Crippen molar-refractivity contribution in [3.63, 3.8) is 0 Å². The first-order valence-corrected chi connectivity index (χ1v) is 9.84. The van der Waals surface area contributed by atoms with Crippen molar-refractivity contribution in [1.29, 1.82) is 0 Å². The molecule has 9 nitrogen and oxygen atoms in total. The molecule has 3 N–H and O–H groups in total. The summed E-state index contributed by atoms with van der Waals surface area (Å²) in [5, 5.41) is 12.1. The van der Waals surface area contributed by atoms with Crippen molar-refractivity contribution in [3.05, 3.63) is 82.9 Å². The lowest BCUT2D eigenvalue weighted by atomic mass is 10.1. The van der Waals surface area contributed by atoms with Crippen molar-refractivity contribution < 1.29 is 19.1 Å². The standard InChI is InChI=1S/C23H23N5O4/c1-15-25-20(28-27-15)13-22(30)24-14-17-10-18(23(31)32-2)12-19(11-17)26-21(29)9-8-16-6-4-3-5-7-16/h3-12H,13-14H2,1-2H3,(H,24,30)(H,26,29)(H,25,27,28)/b9-8+. The van der Waals surface area contributed by atoms with Crippen molar-refractivity contribution >= 4 is 29.5 Å². The average molecular weight is 433 g/mol. The number of aromatic amines is 1. The Morgan fingerprint density at radius 1 is 1.12 bits per heavy atom. The number of H-pyrrole nitrogens is 1. The van der Waals surface area contributed by atoms with E-state index in [0.29, 0.717) is 22.9 Å². The highest BCUT2D eigenvalue weighted by atomic mass is 16.5. The number of benzene rings is 2. The minimum absolute atomic E-state index is 0.0227. The second-order valence-electron chi connectivity index (χ2n) is 6.93. The van der Waals surface area contributed by atoms with Crippen LogP contribution in [-0.2, 0) is 27.3 Å². The van der Waals surface area contributed by atoms with E-state index in [4.69, 9.17) is 4.74 Å².